The van der Waals surface area contributed by atoms with E-state index in [0.29, 0.717) is 42.7 Å². The molecule has 29 heavy (non-hydrogen) atoms. The molecule has 2 saturated heterocycles. The fourth-order valence-corrected chi connectivity index (χ4v) is 3.82. The van der Waals surface area contributed by atoms with Gasteiger partial charge in [0.15, 0.2) is 5.75 Å². The number of nitrogen functional groups attached to an aromatic ring is 1. The third-order valence-electron chi connectivity index (χ3n) is 5.57. The number of para-hydroxylation sites is 1. The van der Waals surface area contributed by atoms with Crippen molar-refractivity contribution in [2.24, 2.45) is 5.41 Å². The zero-order valence-corrected chi connectivity index (χ0v) is 17.8. The average Bonchev–Trinajstić information content (AvgIpc) is 2.68. The minimum atomic E-state index is -0.327. The third kappa shape index (κ3) is 5.70. The number of hydrogen-bond donors (Lipinski definition) is 1. The molecule has 160 valence electrons. The van der Waals surface area contributed by atoms with Crippen molar-refractivity contribution in [3.8, 4) is 5.75 Å². The van der Waals surface area contributed by atoms with E-state index in [2.05, 4.69) is 25.7 Å². The van der Waals surface area contributed by atoms with E-state index in [1.54, 1.807) is 23.1 Å². The molecule has 0 atom stereocenters. The Labute approximate surface area is 173 Å². The molecule has 7 heteroatoms. The van der Waals surface area contributed by atoms with Crippen molar-refractivity contribution in [1.29, 1.82) is 0 Å². The van der Waals surface area contributed by atoms with Crippen LogP contribution in [0.2, 0.25) is 0 Å². The lowest BCUT2D eigenvalue weighted by Crippen LogP contribution is -2.54. The minimum Gasteiger partial charge on any atom is -0.422 e. The van der Waals surface area contributed by atoms with Crippen LogP contribution in [0.15, 0.2) is 18.2 Å². The van der Waals surface area contributed by atoms with Gasteiger partial charge >= 0.3 is 5.97 Å². The maximum atomic E-state index is 12.9. The zero-order valence-electron chi connectivity index (χ0n) is 17.8. The van der Waals surface area contributed by atoms with Gasteiger partial charge in [0.1, 0.15) is 0 Å². The fourth-order valence-electron chi connectivity index (χ4n) is 3.82. The largest absolute Gasteiger partial charge is 0.422 e. The molecule has 0 saturated carbocycles. The highest BCUT2D eigenvalue weighted by atomic mass is 16.5. The smallest absolute Gasteiger partial charge is 0.311 e. The second-order valence-electron chi connectivity index (χ2n) is 9.09. The van der Waals surface area contributed by atoms with Gasteiger partial charge in [0.25, 0.3) is 0 Å². The molecule has 0 bridgehead atoms. The van der Waals surface area contributed by atoms with Gasteiger partial charge in [-0.1, -0.05) is 26.8 Å². The summed E-state index contributed by atoms with van der Waals surface area (Å²) < 4.78 is 11.1. The van der Waals surface area contributed by atoms with Gasteiger partial charge in [-0.3, -0.25) is 14.5 Å². The van der Waals surface area contributed by atoms with E-state index in [1.165, 1.54) is 0 Å². The molecule has 0 aromatic heterocycles. The molecule has 1 amide bonds. The summed E-state index contributed by atoms with van der Waals surface area (Å²) in [7, 11) is 0. The first-order valence-corrected chi connectivity index (χ1v) is 10.5. The Morgan fingerprint density at radius 1 is 1.24 bits per heavy atom. The van der Waals surface area contributed by atoms with Crippen molar-refractivity contribution in [2.45, 2.75) is 52.5 Å². The van der Waals surface area contributed by atoms with E-state index in [4.69, 9.17) is 15.2 Å². The average molecular weight is 404 g/mol. The second kappa shape index (κ2) is 9.13. The number of amides is 1. The Morgan fingerprint density at radius 2 is 1.97 bits per heavy atom. The van der Waals surface area contributed by atoms with Crippen LogP contribution < -0.4 is 15.4 Å². The number of carbonyl (C=O) groups is 2. The van der Waals surface area contributed by atoms with Gasteiger partial charge in [0.2, 0.25) is 5.91 Å². The monoisotopic (exact) mass is 403 g/mol. The number of nitrogens with two attached hydrogens (primary N) is 1. The molecule has 2 aliphatic heterocycles. The summed E-state index contributed by atoms with van der Waals surface area (Å²) in [6.45, 7) is 9.44. The lowest BCUT2D eigenvalue weighted by atomic mass is 9.91. The number of carbonyl (C=O) groups excluding carboxylic acids is 2. The maximum Gasteiger partial charge on any atom is 0.311 e. The van der Waals surface area contributed by atoms with E-state index in [9.17, 15) is 9.59 Å². The van der Waals surface area contributed by atoms with Gasteiger partial charge in [-0.2, -0.15) is 0 Å². The number of piperazine rings is 1. The first kappa shape index (κ1) is 21.6. The summed E-state index contributed by atoms with van der Waals surface area (Å²) in [4.78, 5) is 29.2. The Hall–Kier alpha value is -2.12. The highest BCUT2D eigenvalue weighted by molar-refractivity contribution is 5.98. The molecule has 2 aliphatic rings. The summed E-state index contributed by atoms with van der Waals surface area (Å²) in [6.07, 6.45) is 2.95. The van der Waals surface area contributed by atoms with Crippen molar-refractivity contribution in [1.82, 2.24) is 4.90 Å². The molecule has 1 aromatic rings. The van der Waals surface area contributed by atoms with E-state index in [1.807, 2.05) is 0 Å². The van der Waals surface area contributed by atoms with Gasteiger partial charge in [0.05, 0.1) is 17.9 Å². The Morgan fingerprint density at radius 3 is 2.62 bits per heavy atom. The molecular formula is C22H33N3O4. The van der Waals surface area contributed by atoms with Crippen LogP contribution in [0.3, 0.4) is 0 Å². The highest BCUT2D eigenvalue weighted by Gasteiger charge is 2.32. The van der Waals surface area contributed by atoms with E-state index >= 15 is 0 Å². The zero-order chi connectivity index (χ0) is 21.0. The van der Waals surface area contributed by atoms with Crippen LogP contribution in [0.4, 0.5) is 11.4 Å². The van der Waals surface area contributed by atoms with Crippen molar-refractivity contribution >= 4 is 23.3 Å². The van der Waals surface area contributed by atoms with Crippen molar-refractivity contribution in [3.05, 3.63) is 18.2 Å². The molecular weight excluding hydrogens is 370 g/mol. The fraction of sp³-hybridized carbons (Fsp3) is 0.636. The van der Waals surface area contributed by atoms with Gasteiger partial charge in [-0.05, 0) is 36.8 Å². The molecule has 0 unspecified atom stereocenters. The van der Waals surface area contributed by atoms with E-state index in [0.717, 1.165) is 39.0 Å². The van der Waals surface area contributed by atoms with Crippen molar-refractivity contribution in [3.63, 3.8) is 0 Å². The SMILES string of the molecule is CC(C)(C)CCC(=O)Oc1c(N)cccc1N1CCN(C2CCOCC2)CC1=O. The Bertz CT molecular complexity index is 738. The lowest BCUT2D eigenvalue weighted by Gasteiger charge is -2.40. The Kier molecular flexibility index (Phi) is 6.80. The summed E-state index contributed by atoms with van der Waals surface area (Å²) >= 11 is 0. The number of hydrogen-bond acceptors (Lipinski definition) is 6. The molecule has 2 N–H and O–H groups in total. The second-order valence-corrected chi connectivity index (χ2v) is 9.09. The normalized spacial score (nSPS) is 19.4. The predicted octanol–water partition coefficient (Wildman–Crippen LogP) is 2.83. The van der Waals surface area contributed by atoms with Crippen LogP contribution in [0.25, 0.3) is 0 Å². The first-order chi connectivity index (χ1) is 13.7. The van der Waals surface area contributed by atoms with Gasteiger partial charge in [-0.25, -0.2) is 0 Å². The van der Waals surface area contributed by atoms with Crippen molar-refractivity contribution in [2.75, 3.05) is 43.5 Å². The molecule has 3 rings (SSSR count). The summed E-state index contributed by atoms with van der Waals surface area (Å²) in [6, 6.07) is 5.67. The highest BCUT2D eigenvalue weighted by Crippen LogP contribution is 2.36. The van der Waals surface area contributed by atoms with Crippen LogP contribution in [0.1, 0.15) is 46.5 Å². The van der Waals surface area contributed by atoms with Crippen LogP contribution >= 0.6 is 0 Å². The number of rotatable bonds is 5. The van der Waals surface area contributed by atoms with E-state index in [-0.39, 0.29) is 17.3 Å². The topological polar surface area (TPSA) is 85.1 Å². The molecule has 7 nitrogen and oxygen atoms in total. The van der Waals surface area contributed by atoms with Crippen LogP contribution in [0.5, 0.6) is 5.75 Å². The van der Waals surface area contributed by atoms with Crippen LogP contribution in [-0.2, 0) is 14.3 Å². The van der Waals surface area contributed by atoms with Crippen LogP contribution in [-0.4, -0.2) is 55.7 Å². The van der Waals surface area contributed by atoms with Gasteiger partial charge in [-0.15, -0.1) is 0 Å². The predicted molar refractivity (Wildman–Crippen MR) is 113 cm³/mol. The molecule has 0 radical (unpaired) electrons. The standard InChI is InChI=1S/C22H33N3O4/c1-22(2,3)10-7-20(27)29-21-17(23)5-4-6-18(21)25-12-11-24(15-19(25)26)16-8-13-28-14-9-16/h4-6,16H,7-15,23H2,1-3H3. The van der Waals surface area contributed by atoms with Crippen molar-refractivity contribution < 1.29 is 19.1 Å². The summed E-state index contributed by atoms with van der Waals surface area (Å²) in [5.74, 6) is -0.0352. The molecule has 0 spiro atoms. The molecule has 2 heterocycles. The summed E-state index contributed by atoms with van der Waals surface area (Å²) in [5.41, 5.74) is 7.09. The third-order valence-corrected chi connectivity index (χ3v) is 5.57. The minimum absolute atomic E-state index is 0.000308. The number of anilines is 2. The quantitative estimate of drug-likeness (QED) is 0.462. The maximum absolute atomic E-state index is 12.9. The number of esters is 1. The number of benzene rings is 1. The Balaban J connectivity index is 1.70. The first-order valence-electron chi connectivity index (χ1n) is 10.5. The van der Waals surface area contributed by atoms with E-state index < -0.39 is 0 Å². The van der Waals surface area contributed by atoms with Gasteiger partial charge in [0, 0.05) is 38.8 Å². The lowest BCUT2D eigenvalue weighted by molar-refractivity contribution is -0.135. The molecule has 2 fully saturated rings. The number of ether oxygens (including phenoxy) is 2. The molecule has 1 aromatic carbocycles. The molecule has 0 aliphatic carbocycles. The van der Waals surface area contributed by atoms with Crippen LogP contribution in [0, 0.1) is 5.41 Å². The summed E-state index contributed by atoms with van der Waals surface area (Å²) in [5, 5.41) is 0. The van der Waals surface area contributed by atoms with Gasteiger partial charge < -0.3 is 20.1 Å². The number of nitrogens with zero attached hydrogens (tertiary/aromatic N) is 2.